The van der Waals surface area contributed by atoms with E-state index >= 15 is 0 Å². The van der Waals surface area contributed by atoms with Crippen LogP contribution < -0.4 is 10.9 Å². The molecule has 1 aliphatic rings. The number of aromatic nitrogens is 4. The minimum absolute atomic E-state index is 0.126. The van der Waals surface area contributed by atoms with Crippen LogP contribution in [0.15, 0.2) is 24.3 Å². The Kier molecular flexibility index (Phi) is 7.93. The standard InChI is InChI=1S/C21H26ClN7O3/c1-3-19(30)24-25-21(32)16-8-10-28(11-9-16)20(31)7-5-15-4-6-18(22)12-17(15)13-29-26-14(2)23-27-29/h4-7,12,16H,3,8-11,13H2,1-2H3,(H,24,30)(H,25,32). The number of hydrazine groups is 1. The summed E-state index contributed by atoms with van der Waals surface area (Å²) >= 11 is 6.14. The van der Waals surface area contributed by atoms with Crippen molar-refractivity contribution in [1.29, 1.82) is 0 Å². The molecule has 1 fully saturated rings. The second-order valence-electron chi connectivity index (χ2n) is 7.53. The van der Waals surface area contributed by atoms with E-state index in [0.29, 0.717) is 49.7 Å². The van der Waals surface area contributed by atoms with Crippen molar-refractivity contribution in [3.63, 3.8) is 0 Å². The number of likely N-dealkylation sites (tertiary alicyclic amines) is 1. The van der Waals surface area contributed by atoms with Crippen LogP contribution in [0, 0.1) is 12.8 Å². The third-order valence-corrected chi connectivity index (χ3v) is 5.43. The number of carbonyl (C=O) groups is 3. The number of piperidine rings is 1. The van der Waals surface area contributed by atoms with Crippen molar-refractivity contribution in [3.8, 4) is 0 Å². The van der Waals surface area contributed by atoms with E-state index in [1.807, 2.05) is 12.1 Å². The molecule has 0 radical (unpaired) electrons. The predicted octanol–water partition coefficient (Wildman–Crippen LogP) is 1.49. The van der Waals surface area contributed by atoms with Crippen molar-refractivity contribution < 1.29 is 14.4 Å². The van der Waals surface area contributed by atoms with Gasteiger partial charge in [-0.2, -0.15) is 4.80 Å². The maximum Gasteiger partial charge on any atom is 0.246 e. The lowest BCUT2D eigenvalue weighted by Crippen LogP contribution is -2.47. The lowest BCUT2D eigenvalue weighted by atomic mass is 9.96. The number of nitrogens with one attached hydrogen (secondary N) is 2. The zero-order valence-corrected chi connectivity index (χ0v) is 18.8. The van der Waals surface area contributed by atoms with E-state index in [1.54, 1.807) is 30.9 Å². The SMILES string of the molecule is CCC(=O)NNC(=O)C1CCN(C(=O)C=Cc2ccc(Cl)cc2Cn2nnc(C)n2)CC1. The molecule has 11 heteroatoms. The van der Waals surface area contributed by atoms with Gasteiger partial charge in [0.25, 0.3) is 0 Å². The van der Waals surface area contributed by atoms with E-state index in [4.69, 9.17) is 11.6 Å². The largest absolute Gasteiger partial charge is 0.339 e. The maximum atomic E-state index is 12.7. The highest BCUT2D eigenvalue weighted by atomic mass is 35.5. The van der Waals surface area contributed by atoms with Gasteiger partial charge < -0.3 is 4.90 Å². The fraction of sp³-hybridized carbons (Fsp3) is 0.429. The first-order chi connectivity index (χ1) is 15.4. The summed E-state index contributed by atoms with van der Waals surface area (Å²) in [6, 6.07) is 5.41. The quantitative estimate of drug-likeness (QED) is 0.498. The van der Waals surface area contributed by atoms with Gasteiger partial charge >= 0.3 is 0 Å². The molecule has 0 spiro atoms. The maximum absolute atomic E-state index is 12.7. The molecule has 0 unspecified atom stereocenters. The number of aryl methyl sites for hydroxylation is 1. The topological polar surface area (TPSA) is 122 Å². The third kappa shape index (κ3) is 6.36. The highest BCUT2D eigenvalue weighted by molar-refractivity contribution is 6.30. The molecule has 2 N–H and O–H groups in total. The van der Waals surface area contributed by atoms with Gasteiger partial charge in [-0.15, -0.1) is 10.2 Å². The van der Waals surface area contributed by atoms with Crippen molar-refractivity contribution in [1.82, 2.24) is 36.0 Å². The lowest BCUT2D eigenvalue weighted by molar-refractivity contribution is -0.134. The molecule has 1 saturated heterocycles. The van der Waals surface area contributed by atoms with Gasteiger partial charge in [-0.25, -0.2) is 0 Å². The molecule has 1 aromatic carbocycles. The Morgan fingerprint density at radius 3 is 2.62 bits per heavy atom. The smallest absolute Gasteiger partial charge is 0.246 e. The van der Waals surface area contributed by atoms with Crippen molar-refractivity contribution in [2.24, 2.45) is 5.92 Å². The number of carbonyl (C=O) groups excluding carboxylic acids is 3. The van der Waals surface area contributed by atoms with Crippen molar-refractivity contribution >= 4 is 35.4 Å². The van der Waals surface area contributed by atoms with Crippen molar-refractivity contribution in [3.05, 3.63) is 46.2 Å². The summed E-state index contributed by atoms with van der Waals surface area (Å²) in [5.41, 5.74) is 6.51. The van der Waals surface area contributed by atoms with Gasteiger partial charge in [-0.1, -0.05) is 24.6 Å². The van der Waals surface area contributed by atoms with E-state index in [-0.39, 0.29) is 23.6 Å². The van der Waals surface area contributed by atoms with E-state index in [1.165, 1.54) is 10.9 Å². The zero-order chi connectivity index (χ0) is 23.1. The Bertz CT molecular complexity index is 1010. The number of tetrazole rings is 1. The van der Waals surface area contributed by atoms with E-state index in [9.17, 15) is 14.4 Å². The summed E-state index contributed by atoms with van der Waals surface area (Å²) in [4.78, 5) is 39.3. The first-order valence-corrected chi connectivity index (χ1v) is 10.8. The molecule has 0 bridgehead atoms. The van der Waals surface area contributed by atoms with E-state index < -0.39 is 0 Å². The van der Waals surface area contributed by atoms with Crippen molar-refractivity contribution in [2.75, 3.05) is 13.1 Å². The molecule has 10 nitrogen and oxygen atoms in total. The molecule has 32 heavy (non-hydrogen) atoms. The van der Waals surface area contributed by atoms with Crippen LogP contribution in [0.2, 0.25) is 5.02 Å². The van der Waals surface area contributed by atoms with Crippen LogP contribution in [0.1, 0.15) is 43.1 Å². The number of hydrogen-bond donors (Lipinski definition) is 2. The summed E-state index contributed by atoms with van der Waals surface area (Å²) in [5, 5.41) is 12.6. The first-order valence-electron chi connectivity index (χ1n) is 10.4. The second kappa shape index (κ2) is 10.9. The number of hydrogen-bond acceptors (Lipinski definition) is 6. The normalized spacial score (nSPS) is 14.5. The number of nitrogens with zero attached hydrogens (tertiary/aromatic N) is 5. The molecule has 3 amide bonds. The summed E-state index contributed by atoms with van der Waals surface area (Å²) < 4.78 is 0. The molecule has 2 aromatic rings. The van der Waals surface area contributed by atoms with Crippen LogP contribution in [0.4, 0.5) is 0 Å². The average Bonchev–Trinajstić information content (AvgIpc) is 3.21. The number of rotatable bonds is 6. The summed E-state index contributed by atoms with van der Waals surface area (Å²) in [6.07, 6.45) is 4.64. The summed E-state index contributed by atoms with van der Waals surface area (Å²) in [7, 11) is 0. The van der Waals surface area contributed by atoms with Crippen LogP contribution in [0.25, 0.3) is 6.08 Å². The van der Waals surface area contributed by atoms with Crippen LogP contribution >= 0.6 is 11.6 Å². The average molecular weight is 460 g/mol. The minimum Gasteiger partial charge on any atom is -0.339 e. The minimum atomic E-state index is -0.243. The lowest BCUT2D eigenvalue weighted by Gasteiger charge is -2.30. The molecule has 0 aliphatic carbocycles. The molecular weight excluding hydrogens is 434 g/mol. The molecule has 2 heterocycles. The van der Waals surface area contributed by atoms with Crippen LogP contribution in [0.5, 0.6) is 0 Å². The number of benzene rings is 1. The molecule has 0 saturated carbocycles. The van der Waals surface area contributed by atoms with Gasteiger partial charge in [0.1, 0.15) is 0 Å². The third-order valence-electron chi connectivity index (χ3n) is 5.20. The van der Waals surface area contributed by atoms with E-state index in [2.05, 4.69) is 26.3 Å². The first kappa shape index (κ1) is 23.4. The highest BCUT2D eigenvalue weighted by Crippen LogP contribution is 2.20. The summed E-state index contributed by atoms with van der Waals surface area (Å²) in [6.45, 7) is 4.79. The predicted molar refractivity (Wildman–Crippen MR) is 118 cm³/mol. The molecule has 3 rings (SSSR count). The van der Waals surface area contributed by atoms with Crippen LogP contribution in [-0.2, 0) is 20.9 Å². The number of halogens is 1. The van der Waals surface area contributed by atoms with Gasteiger partial charge in [-0.3, -0.25) is 25.2 Å². The fourth-order valence-electron chi connectivity index (χ4n) is 3.37. The summed E-state index contributed by atoms with van der Waals surface area (Å²) in [5.74, 6) is -0.255. The van der Waals surface area contributed by atoms with E-state index in [0.717, 1.165) is 11.1 Å². The van der Waals surface area contributed by atoms with Gasteiger partial charge in [0.15, 0.2) is 5.82 Å². The van der Waals surface area contributed by atoms with Gasteiger partial charge in [0.2, 0.25) is 17.7 Å². The van der Waals surface area contributed by atoms with Gasteiger partial charge in [-0.05, 0) is 54.3 Å². The fourth-order valence-corrected chi connectivity index (χ4v) is 3.56. The number of amides is 3. The Morgan fingerprint density at radius 1 is 1.22 bits per heavy atom. The molecule has 170 valence electrons. The highest BCUT2D eigenvalue weighted by Gasteiger charge is 2.26. The molecule has 1 aliphatic heterocycles. The second-order valence-corrected chi connectivity index (χ2v) is 7.97. The Morgan fingerprint density at radius 2 is 1.97 bits per heavy atom. The molecular formula is C21H26ClN7O3. The Hall–Kier alpha value is -3.27. The van der Waals surface area contributed by atoms with Gasteiger partial charge in [0.05, 0.1) is 6.54 Å². The van der Waals surface area contributed by atoms with Crippen LogP contribution in [-0.4, -0.2) is 55.9 Å². The molecule has 0 atom stereocenters. The molecule has 1 aromatic heterocycles. The van der Waals surface area contributed by atoms with Gasteiger partial charge in [0, 0.05) is 36.5 Å². The zero-order valence-electron chi connectivity index (χ0n) is 18.0. The Balaban J connectivity index is 1.57. The monoisotopic (exact) mass is 459 g/mol. The Labute approximate surface area is 191 Å². The van der Waals surface area contributed by atoms with Crippen LogP contribution in [0.3, 0.4) is 0 Å². The van der Waals surface area contributed by atoms with Crippen molar-refractivity contribution in [2.45, 2.75) is 39.7 Å².